The average molecular weight is 391 g/mol. The summed E-state index contributed by atoms with van der Waals surface area (Å²) < 4.78 is 5.15. The number of allylic oxidation sites excluding steroid dienone is 1. The van der Waals surface area contributed by atoms with E-state index in [0.717, 1.165) is 30.4 Å². The Balaban J connectivity index is 1.45. The molecule has 1 heterocycles. The van der Waals surface area contributed by atoms with E-state index in [4.69, 9.17) is 16.3 Å². The van der Waals surface area contributed by atoms with E-state index in [1.807, 2.05) is 30.0 Å². The van der Waals surface area contributed by atoms with Crippen molar-refractivity contribution in [2.24, 2.45) is 5.41 Å². The molecule has 0 unspecified atom stereocenters. The molecule has 1 N–H and O–H groups in total. The lowest BCUT2D eigenvalue weighted by Crippen LogP contribution is -2.49. The van der Waals surface area contributed by atoms with Crippen molar-refractivity contribution in [2.75, 3.05) is 20.2 Å². The van der Waals surface area contributed by atoms with Crippen LogP contribution in [0.2, 0.25) is 5.02 Å². The molecule has 1 saturated carbocycles. The van der Waals surface area contributed by atoms with Crippen molar-refractivity contribution in [1.29, 1.82) is 0 Å². The number of rotatable bonds is 6. The molecule has 2 fully saturated rings. The molecule has 1 aliphatic heterocycles. The molecular weight excluding hydrogens is 364 g/mol. The maximum atomic E-state index is 12.5. The molecular formula is C21H27ClN2O3. The number of benzene rings is 1. The quantitative estimate of drug-likeness (QED) is 0.758. The molecule has 0 bridgehead atoms. The van der Waals surface area contributed by atoms with Gasteiger partial charge in [-0.3, -0.25) is 9.59 Å². The van der Waals surface area contributed by atoms with Crippen molar-refractivity contribution in [2.45, 2.75) is 45.1 Å². The van der Waals surface area contributed by atoms with Gasteiger partial charge < -0.3 is 15.0 Å². The van der Waals surface area contributed by atoms with Gasteiger partial charge in [0.2, 0.25) is 11.8 Å². The van der Waals surface area contributed by atoms with E-state index in [1.54, 1.807) is 7.11 Å². The lowest BCUT2D eigenvalue weighted by molar-refractivity contribution is -0.134. The second-order valence-corrected chi connectivity index (χ2v) is 8.34. The molecule has 1 aliphatic carbocycles. The predicted molar refractivity (Wildman–Crippen MR) is 106 cm³/mol. The van der Waals surface area contributed by atoms with Gasteiger partial charge in [-0.05, 0) is 43.4 Å². The van der Waals surface area contributed by atoms with Crippen LogP contribution in [-0.2, 0) is 16.0 Å². The number of amides is 2. The highest BCUT2D eigenvalue weighted by atomic mass is 35.5. The van der Waals surface area contributed by atoms with Crippen LogP contribution in [0.4, 0.5) is 0 Å². The summed E-state index contributed by atoms with van der Waals surface area (Å²) in [6, 6.07) is 5.63. The van der Waals surface area contributed by atoms with Crippen LogP contribution in [0.3, 0.4) is 0 Å². The number of halogens is 1. The Bertz CT molecular complexity index is 754. The molecule has 3 rings (SSSR count). The van der Waals surface area contributed by atoms with E-state index in [9.17, 15) is 9.59 Å². The molecule has 146 valence electrons. The second kappa shape index (κ2) is 7.93. The highest BCUT2D eigenvalue weighted by Crippen LogP contribution is 2.44. The summed E-state index contributed by atoms with van der Waals surface area (Å²) in [7, 11) is 1.58. The zero-order valence-electron chi connectivity index (χ0n) is 16.0. The number of carbonyl (C=O) groups is 2. The minimum absolute atomic E-state index is 0.0440. The zero-order valence-corrected chi connectivity index (χ0v) is 16.8. The summed E-state index contributed by atoms with van der Waals surface area (Å²) in [5.41, 5.74) is 1.83. The summed E-state index contributed by atoms with van der Waals surface area (Å²) >= 11 is 6.14. The van der Waals surface area contributed by atoms with Crippen molar-refractivity contribution in [3.8, 4) is 5.75 Å². The van der Waals surface area contributed by atoms with E-state index >= 15 is 0 Å². The molecule has 0 aromatic heterocycles. The second-order valence-electron chi connectivity index (χ2n) is 7.93. The first kappa shape index (κ1) is 19.7. The third-order valence-electron chi connectivity index (χ3n) is 5.55. The highest BCUT2D eigenvalue weighted by molar-refractivity contribution is 6.32. The average Bonchev–Trinajstić information content (AvgIpc) is 3.07. The molecule has 2 amide bonds. The highest BCUT2D eigenvalue weighted by Gasteiger charge is 2.43. The molecule has 6 heteroatoms. The van der Waals surface area contributed by atoms with E-state index in [2.05, 4.69) is 11.9 Å². The van der Waals surface area contributed by atoms with E-state index in [0.29, 0.717) is 36.7 Å². The lowest BCUT2D eigenvalue weighted by atomic mass is 9.67. The topological polar surface area (TPSA) is 58.6 Å². The van der Waals surface area contributed by atoms with Crippen molar-refractivity contribution in [3.05, 3.63) is 40.9 Å². The van der Waals surface area contributed by atoms with Crippen LogP contribution in [-0.4, -0.2) is 43.0 Å². The maximum Gasteiger partial charge on any atom is 0.226 e. The minimum atomic E-state index is -0.317. The van der Waals surface area contributed by atoms with Crippen LogP contribution >= 0.6 is 11.6 Å². The first-order valence-corrected chi connectivity index (χ1v) is 9.76. The summed E-state index contributed by atoms with van der Waals surface area (Å²) in [4.78, 5) is 26.8. The van der Waals surface area contributed by atoms with Crippen molar-refractivity contribution >= 4 is 23.4 Å². The van der Waals surface area contributed by atoms with Crippen LogP contribution in [0.1, 0.15) is 38.2 Å². The standard InChI is InChI=1S/C21H27ClN2O3/c1-14-11-21(2,12-14)20(26)23-16-8-9-24(13-16)19(25)7-5-15-4-6-18(27-3)17(22)10-15/h4,6,10,16H,1,5,7-9,11-13H2,2-3H3,(H,23,26)/t16-/m1/s1. The van der Waals surface area contributed by atoms with Crippen LogP contribution in [0, 0.1) is 5.41 Å². The van der Waals surface area contributed by atoms with Gasteiger partial charge in [-0.2, -0.15) is 0 Å². The van der Waals surface area contributed by atoms with Crippen molar-refractivity contribution in [1.82, 2.24) is 10.2 Å². The number of aryl methyl sites for hydroxylation is 1. The number of carbonyl (C=O) groups excluding carboxylic acids is 2. The Morgan fingerprint density at radius 3 is 2.78 bits per heavy atom. The number of nitrogens with one attached hydrogen (secondary N) is 1. The molecule has 2 aliphatic rings. The van der Waals surface area contributed by atoms with Crippen LogP contribution in [0.25, 0.3) is 0 Å². The largest absolute Gasteiger partial charge is 0.495 e. The number of nitrogens with zero attached hydrogens (tertiary/aromatic N) is 1. The van der Waals surface area contributed by atoms with Crippen molar-refractivity contribution < 1.29 is 14.3 Å². The Hall–Kier alpha value is -2.01. The molecule has 5 nitrogen and oxygen atoms in total. The monoisotopic (exact) mass is 390 g/mol. The first-order chi connectivity index (χ1) is 12.8. The van der Waals surface area contributed by atoms with Gasteiger partial charge in [0.25, 0.3) is 0 Å². The van der Waals surface area contributed by atoms with Gasteiger partial charge in [0.15, 0.2) is 0 Å². The van der Waals surface area contributed by atoms with Gasteiger partial charge in [-0.25, -0.2) is 0 Å². The number of hydrogen-bond donors (Lipinski definition) is 1. The Morgan fingerprint density at radius 1 is 1.41 bits per heavy atom. The molecule has 1 atom stereocenters. The van der Waals surface area contributed by atoms with Crippen LogP contribution in [0.5, 0.6) is 5.75 Å². The molecule has 1 saturated heterocycles. The van der Waals surface area contributed by atoms with E-state index in [1.165, 1.54) is 0 Å². The number of likely N-dealkylation sites (tertiary alicyclic amines) is 1. The van der Waals surface area contributed by atoms with Crippen LogP contribution < -0.4 is 10.1 Å². The minimum Gasteiger partial charge on any atom is -0.495 e. The summed E-state index contributed by atoms with van der Waals surface area (Å²) in [5, 5.41) is 3.67. The Kier molecular flexibility index (Phi) is 5.80. The molecule has 0 radical (unpaired) electrons. The van der Waals surface area contributed by atoms with Gasteiger partial charge in [-0.1, -0.05) is 36.7 Å². The van der Waals surface area contributed by atoms with Gasteiger partial charge in [0.05, 0.1) is 17.5 Å². The predicted octanol–water partition coefficient (Wildman–Crippen LogP) is 3.35. The summed E-state index contributed by atoms with van der Waals surface area (Å²) in [6.45, 7) is 7.18. The third kappa shape index (κ3) is 4.46. The van der Waals surface area contributed by atoms with E-state index in [-0.39, 0.29) is 23.3 Å². The summed E-state index contributed by atoms with van der Waals surface area (Å²) in [5.74, 6) is 0.831. The maximum absolute atomic E-state index is 12.5. The first-order valence-electron chi connectivity index (χ1n) is 9.38. The van der Waals surface area contributed by atoms with Crippen molar-refractivity contribution in [3.63, 3.8) is 0 Å². The van der Waals surface area contributed by atoms with Gasteiger partial charge in [-0.15, -0.1) is 0 Å². The zero-order chi connectivity index (χ0) is 19.6. The Morgan fingerprint density at radius 2 is 2.15 bits per heavy atom. The van der Waals surface area contributed by atoms with E-state index < -0.39 is 0 Å². The number of methoxy groups -OCH3 is 1. The van der Waals surface area contributed by atoms with Gasteiger partial charge in [0, 0.05) is 25.6 Å². The number of hydrogen-bond acceptors (Lipinski definition) is 3. The lowest BCUT2D eigenvalue weighted by Gasteiger charge is -2.39. The van der Waals surface area contributed by atoms with Gasteiger partial charge >= 0.3 is 0 Å². The Labute approximate surface area is 165 Å². The van der Waals surface area contributed by atoms with Crippen LogP contribution in [0.15, 0.2) is 30.4 Å². The SMILES string of the molecule is C=C1CC(C)(C(=O)N[C@@H]2CCN(C(=O)CCc3ccc(OC)c(Cl)c3)C2)C1. The smallest absolute Gasteiger partial charge is 0.226 e. The molecule has 0 spiro atoms. The third-order valence-corrected chi connectivity index (χ3v) is 5.84. The fourth-order valence-corrected chi connectivity index (χ4v) is 4.23. The van der Waals surface area contributed by atoms with Gasteiger partial charge in [0.1, 0.15) is 5.75 Å². The molecule has 27 heavy (non-hydrogen) atoms. The molecule has 1 aromatic carbocycles. The normalized spacial score (nSPS) is 20.9. The fourth-order valence-electron chi connectivity index (χ4n) is 3.95. The molecule has 1 aromatic rings. The fraction of sp³-hybridized carbons (Fsp3) is 0.524. The summed E-state index contributed by atoms with van der Waals surface area (Å²) in [6.07, 6.45) is 3.40. The number of ether oxygens (including phenoxy) is 1.